The first-order valence-electron chi connectivity index (χ1n) is 9.58. The van der Waals surface area contributed by atoms with E-state index in [0.29, 0.717) is 11.4 Å². The van der Waals surface area contributed by atoms with Gasteiger partial charge in [-0.15, -0.1) is 11.3 Å². The second-order valence-corrected chi connectivity index (χ2v) is 7.81. The fraction of sp³-hybridized carbons (Fsp3) is 0.333. The van der Waals surface area contributed by atoms with Crippen LogP contribution in [0.3, 0.4) is 0 Å². The summed E-state index contributed by atoms with van der Waals surface area (Å²) in [5.74, 6) is -1.84. The number of anilines is 2. The molecule has 2 N–H and O–H groups in total. The van der Waals surface area contributed by atoms with E-state index in [9.17, 15) is 19.2 Å². The molecule has 1 aliphatic heterocycles. The van der Waals surface area contributed by atoms with Gasteiger partial charge >= 0.3 is 17.9 Å². The van der Waals surface area contributed by atoms with Gasteiger partial charge in [0.2, 0.25) is 0 Å². The Balaban J connectivity index is 1.71. The first kappa shape index (κ1) is 23.1. The highest BCUT2D eigenvalue weighted by Gasteiger charge is 2.32. The number of nitrogen functional groups attached to an aromatic ring is 1. The number of thiophene rings is 1. The second-order valence-electron chi connectivity index (χ2n) is 6.76. The standard InChI is InChI=1S/C21H22N2O8S/c1-11-19(25)23(13-6-4-5-7-14(13)31-11)9-8-15(24)30-10-12-16(20(26)28-2)18(22)32-17(12)21(27)29-3/h4-7,11H,8-10,22H2,1-3H3. The van der Waals surface area contributed by atoms with Gasteiger partial charge in [0.15, 0.2) is 6.10 Å². The Morgan fingerprint density at radius 1 is 1.16 bits per heavy atom. The minimum Gasteiger partial charge on any atom is -0.479 e. The number of nitrogens with zero attached hydrogens (tertiary/aromatic N) is 1. The summed E-state index contributed by atoms with van der Waals surface area (Å²) in [5.41, 5.74) is 6.49. The molecule has 32 heavy (non-hydrogen) atoms. The van der Waals surface area contributed by atoms with E-state index in [1.54, 1.807) is 31.2 Å². The summed E-state index contributed by atoms with van der Waals surface area (Å²) < 4.78 is 20.3. The second kappa shape index (κ2) is 9.69. The Kier molecular flexibility index (Phi) is 6.98. The van der Waals surface area contributed by atoms with Gasteiger partial charge in [-0.2, -0.15) is 0 Å². The third-order valence-electron chi connectivity index (χ3n) is 4.79. The quantitative estimate of drug-likeness (QED) is 0.485. The van der Waals surface area contributed by atoms with Crippen LogP contribution < -0.4 is 15.4 Å². The van der Waals surface area contributed by atoms with Crippen molar-refractivity contribution in [3.8, 4) is 5.75 Å². The van der Waals surface area contributed by atoms with Crippen molar-refractivity contribution < 1.29 is 38.1 Å². The lowest BCUT2D eigenvalue weighted by Gasteiger charge is -2.32. The van der Waals surface area contributed by atoms with Gasteiger partial charge in [0, 0.05) is 12.1 Å². The zero-order valence-electron chi connectivity index (χ0n) is 17.7. The zero-order chi connectivity index (χ0) is 23.4. The van der Waals surface area contributed by atoms with E-state index in [1.807, 2.05) is 0 Å². The fourth-order valence-electron chi connectivity index (χ4n) is 3.22. The van der Waals surface area contributed by atoms with Crippen LogP contribution in [-0.2, 0) is 30.4 Å². The first-order valence-corrected chi connectivity index (χ1v) is 10.4. The van der Waals surface area contributed by atoms with E-state index in [2.05, 4.69) is 0 Å². The molecule has 0 fully saturated rings. The van der Waals surface area contributed by atoms with Crippen molar-refractivity contribution in [3.63, 3.8) is 0 Å². The normalized spacial score (nSPS) is 14.9. The first-order chi connectivity index (χ1) is 15.3. The average Bonchev–Trinajstić information content (AvgIpc) is 3.12. The van der Waals surface area contributed by atoms with Crippen molar-refractivity contribution >= 4 is 45.8 Å². The van der Waals surface area contributed by atoms with E-state index in [1.165, 1.54) is 19.1 Å². The summed E-state index contributed by atoms with van der Waals surface area (Å²) in [5, 5.41) is 0.0489. The van der Waals surface area contributed by atoms with Crippen molar-refractivity contribution in [1.29, 1.82) is 0 Å². The molecular weight excluding hydrogens is 440 g/mol. The summed E-state index contributed by atoms with van der Waals surface area (Å²) >= 11 is 0.842. The Bertz CT molecular complexity index is 1060. The van der Waals surface area contributed by atoms with Gasteiger partial charge in [0.05, 0.1) is 26.3 Å². The SMILES string of the molecule is COC(=O)c1sc(N)c(C(=O)OC)c1COC(=O)CCN1C(=O)C(C)Oc2ccccc21. The molecule has 10 nitrogen and oxygen atoms in total. The van der Waals surface area contributed by atoms with Gasteiger partial charge in [-0.25, -0.2) is 9.59 Å². The molecule has 11 heteroatoms. The van der Waals surface area contributed by atoms with Crippen molar-refractivity contribution in [2.75, 3.05) is 31.4 Å². The molecule has 0 bridgehead atoms. The average molecular weight is 462 g/mol. The summed E-state index contributed by atoms with van der Waals surface area (Å²) in [6.07, 6.45) is -0.798. The van der Waals surface area contributed by atoms with Crippen LogP contribution in [0.25, 0.3) is 0 Å². The van der Waals surface area contributed by atoms with Crippen molar-refractivity contribution in [3.05, 3.63) is 40.3 Å². The molecule has 2 heterocycles. The van der Waals surface area contributed by atoms with Crippen LogP contribution in [0, 0.1) is 0 Å². The molecule has 0 spiro atoms. The molecule has 1 aromatic heterocycles. The molecule has 3 rings (SSSR count). The summed E-state index contributed by atoms with van der Waals surface area (Å²) in [6.45, 7) is 1.32. The maximum Gasteiger partial charge on any atom is 0.348 e. The molecule has 170 valence electrons. The van der Waals surface area contributed by atoms with Gasteiger partial charge in [-0.3, -0.25) is 9.59 Å². The number of hydrogen-bond acceptors (Lipinski definition) is 10. The molecule has 0 aliphatic carbocycles. The van der Waals surface area contributed by atoms with Gasteiger partial charge in [0.25, 0.3) is 5.91 Å². The highest BCUT2D eigenvalue weighted by Crippen LogP contribution is 2.34. The number of rotatable bonds is 7. The smallest absolute Gasteiger partial charge is 0.348 e. The number of esters is 3. The number of benzene rings is 1. The number of nitrogens with two attached hydrogens (primary N) is 1. The topological polar surface area (TPSA) is 134 Å². The number of methoxy groups -OCH3 is 2. The maximum atomic E-state index is 12.5. The molecular formula is C21H22N2O8S. The number of fused-ring (bicyclic) bond motifs is 1. The lowest BCUT2D eigenvalue weighted by Crippen LogP contribution is -2.45. The monoisotopic (exact) mass is 462 g/mol. The van der Waals surface area contributed by atoms with Crippen LogP contribution in [0.1, 0.15) is 38.9 Å². The highest BCUT2D eigenvalue weighted by atomic mass is 32.1. The molecule has 0 saturated carbocycles. The van der Waals surface area contributed by atoms with E-state index >= 15 is 0 Å². The Morgan fingerprint density at radius 2 is 1.84 bits per heavy atom. The maximum absolute atomic E-state index is 12.5. The minimum absolute atomic E-state index is 0.0446. The van der Waals surface area contributed by atoms with Gasteiger partial charge in [-0.1, -0.05) is 12.1 Å². The number of para-hydroxylation sites is 2. The van der Waals surface area contributed by atoms with E-state index in [4.69, 9.17) is 24.7 Å². The van der Waals surface area contributed by atoms with Crippen molar-refractivity contribution in [2.24, 2.45) is 0 Å². The number of hydrogen-bond donors (Lipinski definition) is 1. The van der Waals surface area contributed by atoms with Gasteiger partial charge in [-0.05, 0) is 19.1 Å². The van der Waals surface area contributed by atoms with Gasteiger partial charge < -0.3 is 29.6 Å². The molecule has 0 radical (unpaired) electrons. The predicted molar refractivity (Wildman–Crippen MR) is 115 cm³/mol. The third kappa shape index (κ3) is 4.52. The summed E-state index contributed by atoms with van der Waals surface area (Å²) in [6, 6.07) is 7.02. The molecule has 1 aliphatic rings. The van der Waals surface area contributed by atoms with Crippen molar-refractivity contribution in [2.45, 2.75) is 26.1 Å². The number of carbonyl (C=O) groups excluding carboxylic acids is 4. The van der Waals surface area contributed by atoms with Crippen LogP contribution in [0.15, 0.2) is 24.3 Å². The van der Waals surface area contributed by atoms with Crippen LogP contribution in [0.4, 0.5) is 10.7 Å². The minimum atomic E-state index is -0.760. The lowest BCUT2D eigenvalue weighted by atomic mass is 10.1. The molecule has 1 atom stereocenters. The third-order valence-corrected chi connectivity index (χ3v) is 5.83. The van der Waals surface area contributed by atoms with E-state index < -0.39 is 24.0 Å². The number of carbonyl (C=O) groups is 4. The molecule has 0 saturated heterocycles. The number of ether oxygens (including phenoxy) is 4. The van der Waals surface area contributed by atoms with Crippen LogP contribution >= 0.6 is 11.3 Å². The fourth-order valence-corrected chi connectivity index (χ4v) is 4.20. The summed E-state index contributed by atoms with van der Waals surface area (Å²) in [4.78, 5) is 50.6. The number of amides is 1. The van der Waals surface area contributed by atoms with Crippen molar-refractivity contribution in [1.82, 2.24) is 0 Å². The Hall–Kier alpha value is -3.60. The predicted octanol–water partition coefficient (Wildman–Crippen LogP) is 2.15. The Morgan fingerprint density at radius 3 is 2.53 bits per heavy atom. The largest absolute Gasteiger partial charge is 0.479 e. The molecule has 2 aromatic rings. The highest BCUT2D eigenvalue weighted by molar-refractivity contribution is 7.18. The van der Waals surface area contributed by atoms with E-state index in [-0.39, 0.29) is 46.5 Å². The van der Waals surface area contributed by atoms with Crippen LogP contribution in [0.2, 0.25) is 0 Å². The molecule has 1 aromatic carbocycles. The van der Waals surface area contributed by atoms with Crippen LogP contribution in [-0.4, -0.2) is 50.7 Å². The summed E-state index contributed by atoms with van der Waals surface area (Å²) in [7, 11) is 2.36. The molecule has 1 unspecified atom stereocenters. The van der Waals surface area contributed by atoms with Gasteiger partial charge in [0.1, 0.15) is 27.8 Å². The van der Waals surface area contributed by atoms with E-state index in [0.717, 1.165) is 11.3 Å². The zero-order valence-corrected chi connectivity index (χ0v) is 18.5. The Labute approximate surface area is 187 Å². The molecule has 1 amide bonds. The lowest BCUT2D eigenvalue weighted by molar-refractivity contribution is -0.144. The van der Waals surface area contributed by atoms with Crippen LogP contribution in [0.5, 0.6) is 5.75 Å².